The summed E-state index contributed by atoms with van der Waals surface area (Å²) in [6.07, 6.45) is 0. The van der Waals surface area contributed by atoms with E-state index in [9.17, 15) is 0 Å². The maximum atomic E-state index is 6.12. The topological polar surface area (TPSA) is 18.5 Å². The van der Waals surface area contributed by atoms with Crippen molar-refractivity contribution in [3.8, 4) is 22.6 Å². The van der Waals surface area contributed by atoms with Gasteiger partial charge in [-0.2, -0.15) is 36.4 Å². The van der Waals surface area contributed by atoms with Crippen LogP contribution in [0, 0.1) is 6.07 Å². The van der Waals surface area contributed by atoms with Gasteiger partial charge in [-0.15, -0.1) is 23.2 Å². The van der Waals surface area contributed by atoms with E-state index in [1.165, 1.54) is 33.1 Å². The number of benzene rings is 3. The van der Waals surface area contributed by atoms with Gasteiger partial charge in [0.25, 0.3) is 0 Å². The fourth-order valence-electron chi connectivity index (χ4n) is 5.62. The van der Waals surface area contributed by atoms with Crippen LogP contribution in [0.2, 0.25) is 0 Å². The Bertz CT molecular complexity index is 1180. The Labute approximate surface area is 311 Å². The van der Waals surface area contributed by atoms with Crippen LogP contribution in [0.3, 0.4) is 0 Å². The van der Waals surface area contributed by atoms with E-state index in [-0.39, 0.29) is 53.1 Å². The summed E-state index contributed by atoms with van der Waals surface area (Å²) in [6.45, 7) is 28.1. The molecule has 0 bridgehead atoms. The van der Waals surface area contributed by atoms with Crippen molar-refractivity contribution in [3.63, 3.8) is 0 Å². The Morgan fingerprint density at radius 1 is 0.689 bits per heavy atom. The zero-order valence-corrected chi connectivity index (χ0v) is 35.4. The van der Waals surface area contributed by atoms with E-state index in [2.05, 4.69) is 113 Å². The second kappa shape index (κ2) is 21.4. The van der Waals surface area contributed by atoms with Gasteiger partial charge in [0, 0.05) is 10.9 Å². The van der Waals surface area contributed by atoms with Crippen molar-refractivity contribution in [2.75, 3.05) is 19.6 Å². The molecule has 3 aromatic carbocycles. The number of ether oxygens (including phenoxy) is 2. The van der Waals surface area contributed by atoms with Gasteiger partial charge >= 0.3 is 20.4 Å². The third-order valence-electron chi connectivity index (χ3n) is 7.10. The number of alkyl halides is 2. The standard InChI is InChI=1S/C31H49O2P.C6H5.CH2Cl2.BrH.Pd/c1-19(2)22-17-23(20(3)4)27(24(18-22)21(5)6)28-25(32-13)15-16-26(33-14)29(28)34(30(7,8)9)31(10,11)12;1-2-4-6-5-3-1;2-1-3;;/h15-21H,1-14H3;1-5H;1H2;1H;/q;-1;;;+2/p-1. The molecule has 0 aliphatic carbocycles. The van der Waals surface area contributed by atoms with Gasteiger partial charge in [-0.25, -0.2) is 0 Å². The largest absolute Gasteiger partial charge is 2.00 e. The second-order valence-corrected chi connectivity index (χ2v) is 18.2. The zero-order valence-electron chi connectivity index (χ0n) is 29.8. The van der Waals surface area contributed by atoms with Crippen molar-refractivity contribution in [2.45, 2.75) is 111 Å². The van der Waals surface area contributed by atoms with Gasteiger partial charge in [-0.05, 0) is 62.5 Å². The molecule has 0 unspecified atom stereocenters. The molecule has 0 N–H and O–H groups in total. The summed E-state index contributed by atoms with van der Waals surface area (Å²) < 4.78 is 12.2. The minimum atomic E-state index is -0.619. The van der Waals surface area contributed by atoms with Crippen molar-refractivity contribution >= 4 is 36.4 Å². The monoisotopic (exact) mass is 830 g/mol. The number of rotatable bonds is 7. The van der Waals surface area contributed by atoms with E-state index in [0.29, 0.717) is 17.8 Å². The van der Waals surface area contributed by atoms with Crippen molar-refractivity contribution in [1.82, 2.24) is 0 Å². The van der Waals surface area contributed by atoms with Gasteiger partial charge in [0.15, 0.2) is 0 Å². The van der Waals surface area contributed by atoms with Crippen molar-refractivity contribution < 1.29 is 46.9 Å². The second-order valence-electron chi connectivity index (χ2n) is 13.6. The van der Waals surface area contributed by atoms with Crippen molar-refractivity contribution in [3.05, 3.63) is 77.4 Å². The van der Waals surface area contributed by atoms with Crippen LogP contribution in [-0.4, -0.2) is 29.9 Å². The van der Waals surface area contributed by atoms with Gasteiger partial charge < -0.3 is 26.5 Å². The summed E-state index contributed by atoms with van der Waals surface area (Å²) in [5, 5.41) is 1.71. The average Bonchev–Trinajstić information content (AvgIpc) is 2.92. The van der Waals surface area contributed by atoms with Crippen LogP contribution in [0.5, 0.6) is 11.5 Å². The smallest absolute Gasteiger partial charge is 1.00 e. The van der Waals surface area contributed by atoms with Crippen LogP contribution in [0.25, 0.3) is 11.1 Å². The first-order chi connectivity index (χ1) is 20.0. The molecule has 3 rings (SSSR count). The normalized spacial score (nSPS) is 11.2. The number of hydrogen-bond donors (Lipinski definition) is 0. The summed E-state index contributed by atoms with van der Waals surface area (Å²) in [5.74, 6) is 3.19. The molecule has 3 aromatic rings. The molecule has 0 aromatic heterocycles. The Balaban J connectivity index is 0. The molecule has 0 saturated heterocycles. The van der Waals surface area contributed by atoms with Crippen molar-refractivity contribution in [1.29, 1.82) is 0 Å². The SMILES string of the molecule is COc1ccc(OC)c(P(C(C)(C)C)C(C)(C)C)c1-c1c(C(C)C)cc(C(C)C)cc1C(C)C.ClCCl.[Br-].[Pd+2].[c-]1ccccc1. The minimum Gasteiger partial charge on any atom is -1.00 e. The molecular formula is C38H56BrCl2O2PPd. The first-order valence-corrected chi connectivity index (χ1v) is 17.6. The first kappa shape index (κ1) is 46.5. The van der Waals surface area contributed by atoms with Gasteiger partial charge in [-0.1, -0.05) is 103 Å². The maximum absolute atomic E-state index is 6.12. The predicted molar refractivity (Wildman–Crippen MR) is 195 cm³/mol. The summed E-state index contributed by atoms with van der Waals surface area (Å²) in [7, 11) is 2.99. The van der Waals surface area contributed by atoms with E-state index in [1.807, 2.05) is 37.4 Å². The molecule has 7 heteroatoms. The average molecular weight is 833 g/mol. The van der Waals surface area contributed by atoms with Gasteiger partial charge in [0.1, 0.15) is 11.5 Å². The number of methoxy groups -OCH3 is 2. The van der Waals surface area contributed by atoms with Gasteiger partial charge in [-0.3, -0.25) is 0 Å². The van der Waals surface area contributed by atoms with E-state index >= 15 is 0 Å². The molecule has 0 fully saturated rings. The first-order valence-electron chi connectivity index (χ1n) is 15.2. The van der Waals surface area contributed by atoms with Gasteiger partial charge in [0.2, 0.25) is 0 Å². The van der Waals surface area contributed by atoms with Crippen LogP contribution in [0.1, 0.15) is 118 Å². The Morgan fingerprint density at radius 2 is 1.09 bits per heavy atom. The fraction of sp³-hybridized carbons (Fsp3) is 0.526. The van der Waals surface area contributed by atoms with Gasteiger partial charge in [0.05, 0.1) is 19.6 Å². The van der Waals surface area contributed by atoms with Crippen LogP contribution < -0.4 is 31.8 Å². The molecule has 0 spiro atoms. The number of halogens is 3. The third-order valence-corrected chi connectivity index (χ3v) is 10.7. The summed E-state index contributed by atoms with van der Waals surface area (Å²) in [4.78, 5) is 0. The fourth-order valence-corrected chi connectivity index (χ4v) is 9.80. The van der Waals surface area contributed by atoms with Crippen LogP contribution in [0.4, 0.5) is 0 Å². The molecule has 0 heterocycles. The Kier molecular flexibility index (Phi) is 22.1. The molecule has 0 radical (unpaired) electrons. The molecule has 0 amide bonds. The Morgan fingerprint density at radius 3 is 1.36 bits per heavy atom. The minimum absolute atomic E-state index is 0. The molecule has 45 heavy (non-hydrogen) atoms. The molecule has 0 saturated carbocycles. The van der Waals surface area contributed by atoms with E-state index in [4.69, 9.17) is 32.7 Å². The summed E-state index contributed by atoms with van der Waals surface area (Å²) in [6, 6.07) is 21.6. The van der Waals surface area contributed by atoms with E-state index < -0.39 is 7.92 Å². The zero-order chi connectivity index (χ0) is 33.1. The predicted octanol–water partition coefficient (Wildman–Crippen LogP) is 9.35. The summed E-state index contributed by atoms with van der Waals surface area (Å²) >= 11 is 9.53. The Hall–Kier alpha value is -0.588. The maximum Gasteiger partial charge on any atom is 2.00 e. The summed E-state index contributed by atoms with van der Waals surface area (Å²) in [5.41, 5.74) is 6.80. The van der Waals surface area contributed by atoms with Crippen LogP contribution in [0.15, 0.2) is 54.6 Å². The molecule has 0 aliphatic heterocycles. The molecule has 2 nitrogen and oxygen atoms in total. The van der Waals surface area contributed by atoms with E-state index in [0.717, 1.165) is 11.5 Å². The van der Waals surface area contributed by atoms with Crippen LogP contribution >= 0.6 is 31.1 Å². The van der Waals surface area contributed by atoms with Crippen LogP contribution in [-0.2, 0) is 20.4 Å². The van der Waals surface area contributed by atoms with E-state index in [1.54, 1.807) is 7.11 Å². The molecule has 0 atom stereocenters. The molecule has 256 valence electrons. The van der Waals surface area contributed by atoms with Crippen molar-refractivity contribution in [2.24, 2.45) is 0 Å². The molecular weight excluding hydrogens is 777 g/mol. The molecule has 0 aliphatic rings. The third kappa shape index (κ3) is 13.4. The number of hydrogen-bond acceptors (Lipinski definition) is 2. The quantitative estimate of drug-likeness (QED) is 0.102.